The first-order chi connectivity index (χ1) is 10.5. The van der Waals surface area contributed by atoms with Gasteiger partial charge in [-0.3, -0.25) is 4.79 Å². The first-order valence-electron chi connectivity index (χ1n) is 7.52. The summed E-state index contributed by atoms with van der Waals surface area (Å²) in [4.78, 5) is 15.5. The number of aromatic nitrogens is 1. The molecule has 1 saturated carbocycles. The van der Waals surface area contributed by atoms with Gasteiger partial charge in [-0.1, -0.05) is 0 Å². The molecule has 3 rings (SSSR count). The molecule has 1 aromatic carbocycles. The lowest BCUT2D eigenvalue weighted by Crippen LogP contribution is -2.45. The van der Waals surface area contributed by atoms with Crippen molar-refractivity contribution in [3.63, 3.8) is 0 Å². The Bertz CT molecular complexity index is 766. The molecule has 0 unspecified atom stereocenters. The van der Waals surface area contributed by atoms with E-state index in [9.17, 15) is 14.4 Å². The van der Waals surface area contributed by atoms with Crippen LogP contribution in [0.4, 0.5) is 4.39 Å². The summed E-state index contributed by atoms with van der Waals surface area (Å²) in [7, 11) is 0. The highest BCUT2D eigenvalue weighted by Crippen LogP contribution is 2.29. The van der Waals surface area contributed by atoms with Gasteiger partial charge < -0.3 is 10.3 Å². The Kier molecular flexibility index (Phi) is 3.61. The fraction of sp³-hybridized carbons (Fsp3) is 0.412. The Hall–Kier alpha value is -2.35. The van der Waals surface area contributed by atoms with Crippen molar-refractivity contribution >= 4 is 16.8 Å². The fourth-order valence-electron chi connectivity index (χ4n) is 3.30. The average Bonchev–Trinajstić information content (AvgIpc) is 3.06. The van der Waals surface area contributed by atoms with Crippen LogP contribution in [-0.2, 0) is 11.2 Å². The van der Waals surface area contributed by atoms with E-state index in [-0.39, 0.29) is 18.1 Å². The van der Waals surface area contributed by atoms with Crippen molar-refractivity contribution in [2.75, 3.05) is 0 Å². The van der Waals surface area contributed by atoms with Crippen LogP contribution in [0.2, 0.25) is 0 Å². The maximum atomic E-state index is 13.4. The first kappa shape index (κ1) is 14.6. The molecule has 1 heterocycles. The highest BCUT2D eigenvalue weighted by atomic mass is 19.1. The minimum atomic E-state index is -0.720. The van der Waals surface area contributed by atoms with Crippen molar-refractivity contribution in [1.82, 2.24) is 10.3 Å². The van der Waals surface area contributed by atoms with Gasteiger partial charge in [-0.2, -0.15) is 5.26 Å². The van der Waals surface area contributed by atoms with Crippen LogP contribution in [0.1, 0.15) is 36.9 Å². The van der Waals surface area contributed by atoms with Gasteiger partial charge >= 0.3 is 0 Å². The normalized spacial score (nSPS) is 16.6. The van der Waals surface area contributed by atoms with Gasteiger partial charge in [0, 0.05) is 16.6 Å². The number of hydrogen-bond donors (Lipinski definition) is 2. The quantitative estimate of drug-likeness (QED) is 0.914. The maximum Gasteiger partial charge on any atom is 0.225 e. The summed E-state index contributed by atoms with van der Waals surface area (Å²) in [5.74, 6) is -0.505. The molecular formula is C17H18FN3O. The van der Waals surface area contributed by atoms with Gasteiger partial charge in [0.25, 0.3) is 0 Å². The molecule has 0 bridgehead atoms. The molecule has 22 heavy (non-hydrogen) atoms. The number of halogens is 1. The minimum absolute atomic E-state index is 0.152. The van der Waals surface area contributed by atoms with Gasteiger partial charge in [0.05, 0.1) is 12.5 Å². The molecule has 0 atom stereocenters. The number of carbonyl (C=O) groups excluding carboxylic acids is 1. The lowest BCUT2D eigenvalue weighted by molar-refractivity contribution is -0.121. The number of fused-ring (bicyclic) bond motifs is 1. The number of carbonyl (C=O) groups is 1. The molecule has 1 aliphatic rings. The Balaban J connectivity index is 1.84. The number of nitriles is 1. The summed E-state index contributed by atoms with van der Waals surface area (Å²) in [6, 6.07) is 6.76. The molecule has 114 valence electrons. The molecule has 1 amide bonds. The monoisotopic (exact) mass is 299 g/mol. The maximum absolute atomic E-state index is 13.4. The molecule has 1 fully saturated rings. The predicted octanol–water partition coefficient (Wildman–Crippen LogP) is 3.11. The zero-order valence-electron chi connectivity index (χ0n) is 12.5. The number of amides is 1. The Labute approximate surface area is 128 Å². The number of hydrogen-bond acceptors (Lipinski definition) is 2. The second-order valence-electron chi connectivity index (χ2n) is 6.04. The molecule has 5 heteroatoms. The Morgan fingerprint density at radius 1 is 1.45 bits per heavy atom. The number of nitrogens with zero attached hydrogens (tertiary/aromatic N) is 1. The van der Waals surface area contributed by atoms with Crippen molar-refractivity contribution in [1.29, 1.82) is 5.26 Å². The van der Waals surface area contributed by atoms with Crippen LogP contribution in [0.15, 0.2) is 18.2 Å². The first-order valence-corrected chi connectivity index (χ1v) is 7.52. The third kappa shape index (κ3) is 2.57. The van der Waals surface area contributed by atoms with Gasteiger partial charge in [0.2, 0.25) is 5.91 Å². The fourth-order valence-corrected chi connectivity index (χ4v) is 3.30. The molecule has 4 nitrogen and oxygen atoms in total. The van der Waals surface area contributed by atoms with E-state index in [0.29, 0.717) is 12.8 Å². The average molecular weight is 299 g/mol. The van der Waals surface area contributed by atoms with E-state index in [1.807, 2.05) is 6.92 Å². The van der Waals surface area contributed by atoms with E-state index in [0.717, 1.165) is 35.0 Å². The van der Waals surface area contributed by atoms with Gasteiger partial charge in [0.15, 0.2) is 0 Å². The highest BCUT2D eigenvalue weighted by molar-refractivity contribution is 5.90. The van der Waals surface area contributed by atoms with Crippen LogP contribution in [0.3, 0.4) is 0 Å². The largest absolute Gasteiger partial charge is 0.358 e. The summed E-state index contributed by atoms with van der Waals surface area (Å²) in [5, 5.41) is 12.9. The molecular weight excluding hydrogens is 281 g/mol. The third-order valence-electron chi connectivity index (χ3n) is 4.47. The summed E-state index contributed by atoms with van der Waals surface area (Å²) < 4.78 is 13.4. The van der Waals surface area contributed by atoms with Crippen LogP contribution < -0.4 is 5.32 Å². The number of nitrogens with one attached hydrogen (secondary N) is 2. The summed E-state index contributed by atoms with van der Waals surface area (Å²) in [6.07, 6.45) is 3.49. The van der Waals surface area contributed by atoms with E-state index in [2.05, 4.69) is 16.4 Å². The van der Waals surface area contributed by atoms with Gasteiger partial charge in [0.1, 0.15) is 11.4 Å². The molecule has 0 saturated heterocycles. The SMILES string of the molecule is Cc1[nH]c2ccc(F)cc2c1CC(=O)NC1(C#N)CCCC1. The predicted molar refractivity (Wildman–Crippen MR) is 81.7 cm³/mol. The van der Waals surface area contributed by atoms with Crippen molar-refractivity contribution in [2.24, 2.45) is 0 Å². The Morgan fingerprint density at radius 3 is 2.86 bits per heavy atom. The molecule has 2 aromatic rings. The summed E-state index contributed by atoms with van der Waals surface area (Å²) in [5.41, 5.74) is 1.74. The number of aromatic amines is 1. The standard InChI is InChI=1S/C17H18FN3O/c1-11-13(14-8-12(18)4-5-15(14)20-11)9-16(22)21-17(10-19)6-2-3-7-17/h4-5,8,20H,2-3,6-7,9H2,1H3,(H,21,22). The second-order valence-corrected chi connectivity index (χ2v) is 6.04. The number of H-pyrrole nitrogens is 1. The molecule has 0 aliphatic heterocycles. The van der Waals surface area contributed by atoms with Crippen molar-refractivity contribution < 1.29 is 9.18 Å². The van der Waals surface area contributed by atoms with Crippen molar-refractivity contribution in [2.45, 2.75) is 44.6 Å². The van der Waals surface area contributed by atoms with E-state index in [4.69, 9.17) is 0 Å². The molecule has 1 aliphatic carbocycles. The van der Waals surface area contributed by atoms with Crippen LogP contribution in [0.25, 0.3) is 10.9 Å². The van der Waals surface area contributed by atoms with Crippen molar-refractivity contribution in [3.05, 3.63) is 35.3 Å². The van der Waals surface area contributed by atoms with Crippen LogP contribution in [0, 0.1) is 24.1 Å². The van der Waals surface area contributed by atoms with Crippen LogP contribution >= 0.6 is 0 Å². The van der Waals surface area contributed by atoms with Gasteiger partial charge in [-0.05, 0) is 56.4 Å². The molecule has 0 spiro atoms. The van der Waals surface area contributed by atoms with E-state index in [1.165, 1.54) is 12.1 Å². The zero-order chi connectivity index (χ0) is 15.7. The third-order valence-corrected chi connectivity index (χ3v) is 4.47. The number of aryl methyl sites for hydroxylation is 1. The molecule has 1 aromatic heterocycles. The van der Waals surface area contributed by atoms with E-state index < -0.39 is 5.54 Å². The Morgan fingerprint density at radius 2 is 2.18 bits per heavy atom. The lowest BCUT2D eigenvalue weighted by Gasteiger charge is -2.22. The topological polar surface area (TPSA) is 68.7 Å². The molecule has 0 radical (unpaired) electrons. The summed E-state index contributed by atoms with van der Waals surface area (Å²) >= 11 is 0. The number of benzene rings is 1. The van der Waals surface area contributed by atoms with Gasteiger partial charge in [-0.25, -0.2) is 4.39 Å². The smallest absolute Gasteiger partial charge is 0.225 e. The second kappa shape index (κ2) is 5.45. The van der Waals surface area contributed by atoms with Crippen LogP contribution in [0.5, 0.6) is 0 Å². The van der Waals surface area contributed by atoms with Crippen molar-refractivity contribution in [3.8, 4) is 6.07 Å². The van der Waals surface area contributed by atoms with E-state index in [1.54, 1.807) is 6.07 Å². The van der Waals surface area contributed by atoms with E-state index >= 15 is 0 Å². The zero-order valence-corrected chi connectivity index (χ0v) is 12.5. The highest BCUT2D eigenvalue weighted by Gasteiger charge is 2.35. The van der Waals surface area contributed by atoms with Crippen LogP contribution in [-0.4, -0.2) is 16.4 Å². The van der Waals surface area contributed by atoms with Gasteiger partial charge in [-0.15, -0.1) is 0 Å². The minimum Gasteiger partial charge on any atom is -0.358 e. The lowest BCUT2D eigenvalue weighted by atomic mass is 9.99. The molecule has 2 N–H and O–H groups in total. The number of rotatable bonds is 3. The summed E-state index contributed by atoms with van der Waals surface area (Å²) in [6.45, 7) is 1.87.